The van der Waals surface area contributed by atoms with Crippen molar-refractivity contribution >= 4 is 0 Å². The summed E-state index contributed by atoms with van der Waals surface area (Å²) in [6, 6.07) is 40.2. The monoisotopic (exact) mass is 724 g/mol. The second-order valence-electron chi connectivity index (χ2n) is 13.4. The summed E-state index contributed by atoms with van der Waals surface area (Å²) in [5.74, 6) is 0. The van der Waals surface area contributed by atoms with Gasteiger partial charge in [0.1, 0.15) is 36.6 Å². The molecule has 0 N–H and O–H groups in total. The zero-order valence-corrected chi connectivity index (χ0v) is 30.8. The molecular formula is C44H52O9. The van der Waals surface area contributed by atoms with Crippen LogP contribution in [0, 0.1) is 0 Å². The molecule has 0 aromatic heterocycles. The molecule has 4 aromatic rings. The quantitative estimate of drug-likeness (QED) is 0.0975. The Hall–Kier alpha value is -3.74. The van der Waals surface area contributed by atoms with Crippen molar-refractivity contribution in [2.75, 3.05) is 13.7 Å². The Morgan fingerprint density at radius 2 is 0.830 bits per heavy atom. The summed E-state index contributed by atoms with van der Waals surface area (Å²) in [5, 5.41) is 0. The van der Waals surface area contributed by atoms with Crippen molar-refractivity contribution in [1.82, 2.24) is 0 Å². The van der Waals surface area contributed by atoms with E-state index in [1.165, 1.54) is 0 Å². The second-order valence-corrected chi connectivity index (χ2v) is 13.4. The van der Waals surface area contributed by atoms with Crippen LogP contribution >= 0.6 is 0 Å². The van der Waals surface area contributed by atoms with Gasteiger partial charge in [0.25, 0.3) is 0 Å². The van der Waals surface area contributed by atoms with E-state index in [2.05, 4.69) is 6.58 Å². The van der Waals surface area contributed by atoms with Crippen LogP contribution in [0.3, 0.4) is 0 Å². The lowest BCUT2D eigenvalue weighted by Gasteiger charge is -2.49. The van der Waals surface area contributed by atoms with Crippen molar-refractivity contribution in [3.63, 3.8) is 0 Å². The van der Waals surface area contributed by atoms with Crippen LogP contribution in [-0.4, -0.2) is 75.1 Å². The second kappa shape index (κ2) is 20.1. The van der Waals surface area contributed by atoms with E-state index in [4.69, 9.17) is 42.6 Å². The molecule has 0 radical (unpaired) electrons. The summed E-state index contributed by atoms with van der Waals surface area (Å²) in [6.07, 6.45) is -4.51. The van der Waals surface area contributed by atoms with Crippen LogP contribution in [0.5, 0.6) is 0 Å². The predicted molar refractivity (Wildman–Crippen MR) is 201 cm³/mol. The molecule has 0 saturated carbocycles. The highest BCUT2D eigenvalue weighted by molar-refractivity contribution is 5.16. The lowest BCUT2D eigenvalue weighted by molar-refractivity contribution is -0.369. The Kier molecular flexibility index (Phi) is 14.8. The van der Waals surface area contributed by atoms with E-state index in [0.29, 0.717) is 26.4 Å². The summed E-state index contributed by atoms with van der Waals surface area (Å²) >= 11 is 0. The van der Waals surface area contributed by atoms with Crippen molar-refractivity contribution in [3.05, 3.63) is 156 Å². The van der Waals surface area contributed by atoms with E-state index < -0.39 is 61.4 Å². The van der Waals surface area contributed by atoms with Crippen molar-refractivity contribution < 1.29 is 42.6 Å². The molecule has 2 heterocycles. The van der Waals surface area contributed by atoms with Crippen LogP contribution in [0.1, 0.15) is 36.1 Å². The molecule has 0 aliphatic carbocycles. The van der Waals surface area contributed by atoms with Gasteiger partial charge >= 0.3 is 0 Å². The highest BCUT2D eigenvalue weighted by Gasteiger charge is 2.53. The zero-order chi connectivity index (χ0) is 36.8. The fourth-order valence-electron chi connectivity index (χ4n) is 6.80. The third kappa shape index (κ3) is 10.7. The third-order valence-electron chi connectivity index (χ3n) is 9.53. The number of hydrogen-bond acceptors (Lipinski definition) is 9. The van der Waals surface area contributed by atoms with Gasteiger partial charge in [0.05, 0.1) is 45.2 Å². The molecule has 9 heteroatoms. The summed E-state index contributed by atoms with van der Waals surface area (Å²) in [6.45, 7) is 9.43. The van der Waals surface area contributed by atoms with E-state index in [0.717, 1.165) is 22.3 Å². The number of rotatable bonds is 18. The molecular weight excluding hydrogens is 672 g/mol. The van der Waals surface area contributed by atoms with E-state index >= 15 is 0 Å². The van der Waals surface area contributed by atoms with Gasteiger partial charge in [0.15, 0.2) is 12.6 Å². The molecule has 53 heavy (non-hydrogen) atoms. The standard InChI is InChI=1S/C44H52O9/c1-5-26-46-42-40(38(32(3)51-43(42)45-4)48-28-34-20-12-7-13-21-34)53-44-41(50-30-36-24-16-9-17-25-36)39(49-29-35-22-14-8-15-23-35)37(31(2)52-44)47-27-33-18-10-6-11-19-33/h5-25,31-32,37-44H,1,26-30H2,2-4H3/t31-,32-,37+,38-,39+,40+,41-,42+,43+,44-/m0/s1. The first kappa shape index (κ1) is 39.0. The van der Waals surface area contributed by atoms with E-state index in [1.807, 2.05) is 135 Å². The van der Waals surface area contributed by atoms with Crippen LogP contribution in [-0.2, 0) is 69.1 Å². The van der Waals surface area contributed by atoms with Crippen LogP contribution in [0.4, 0.5) is 0 Å². The van der Waals surface area contributed by atoms with Crippen molar-refractivity contribution in [1.29, 1.82) is 0 Å². The Morgan fingerprint density at radius 1 is 0.472 bits per heavy atom. The van der Waals surface area contributed by atoms with Crippen LogP contribution in [0.2, 0.25) is 0 Å². The number of methoxy groups -OCH3 is 1. The highest BCUT2D eigenvalue weighted by atomic mass is 16.8. The van der Waals surface area contributed by atoms with Crippen molar-refractivity contribution in [3.8, 4) is 0 Å². The number of benzene rings is 4. The molecule has 0 unspecified atom stereocenters. The van der Waals surface area contributed by atoms with E-state index in [-0.39, 0.29) is 6.61 Å². The topological polar surface area (TPSA) is 83.1 Å². The minimum Gasteiger partial charge on any atom is -0.368 e. The molecule has 2 aliphatic rings. The number of ether oxygens (including phenoxy) is 9. The summed E-state index contributed by atoms with van der Waals surface area (Å²) in [5.41, 5.74) is 4.10. The van der Waals surface area contributed by atoms with Crippen molar-refractivity contribution in [2.24, 2.45) is 0 Å². The van der Waals surface area contributed by atoms with Gasteiger partial charge in [-0.25, -0.2) is 0 Å². The first-order valence-corrected chi connectivity index (χ1v) is 18.4. The molecule has 2 fully saturated rings. The van der Waals surface area contributed by atoms with Gasteiger partial charge in [-0.1, -0.05) is 127 Å². The minimum atomic E-state index is -0.906. The molecule has 282 valence electrons. The first-order valence-electron chi connectivity index (χ1n) is 18.4. The largest absolute Gasteiger partial charge is 0.368 e. The average Bonchev–Trinajstić information content (AvgIpc) is 3.20. The SMILES string of the molecule is C=CCO[C@H]1[C@H](OC)O[C@@H](C)[C@H](OCc2ccccc2)[C@H]1O[C@@H]1O[C@@H](C)[C@@H](OCc2ccccc2)[C@@H](OCc2ccccc2)[C@@H]1OCc1ccccc1. The molecule has 0 spiro atoms. The highest BCUT2D eigenvalue weighted by Crippen LogP contribution is 2.36. The predicted octanol–water partition coefficient (Wildman–Crippen LogP) is 7.42. The Morgan fingerprint density at radius 3 is 1.25 bits per heavy atom. The van der Waals surface area contributed by atoms with Gasteiger partial charge in [-0.15, -0.1) is 6.58 Å². The summed E-state index contributed by atoms with van der Waals surface area (Å²) in [7, 11) is 1.59. The molecule has 4 aromatic carbocycles. The Labute approximate surface area is 313 Å². The van der Waals surface area contributed by atoms with Crippen LogP contribution in [0.15, 0.2) is 134 Å². The van der Waals surface area contributed by atoms with Gasteiger partial charge < -0.3 is 42.6 Å². The Bertz CT molecular complexity index is 1610. The molecule has 6 rings (SSSR count). The fraction of sp³-hybridized carbons (Fsp3) is 0.409. The van der Waals surface area contributed by atoms with Crippen LogP contribution in [0.25, 0.3) is 0 Å². The van der Waals surface area contributed by atoms with E-state index in [1.54, 1.807) is 13.2 Å². The maximum absolute atomic E-state index is 7.08. The molecule has 9 nitrogen and oxygen atoms in total. The van der Waals surface area contributed by atoms with Gasteiger partial charge in [-0.2, -0.15) is 0 Å². The summed E-state index contributed by atoms with van der Waals surface area (Å²) < 4.78 is 59.2. The molecule has 0 bridgehead atoms. The molecule has 2 aliphatic heterocycles. The maximum atomic E-state index is 7.08. The summed E-state index contributed by atoms with van der Waals surface area (Å²) in [4.78, 5) is 0. The molecule has 0 amide bonds. The number of hydrogen-bond donors (Lipinski definition) is 0. The fourth-order valence-corrected chi connectivity index (χ4v) is 6.80. The van der Waals surface area contributed by atoms with E-state index in [9.17, 15) is 0 Å². The molecule has 10 atom stereocenters. The first-order chi connectivity index (χ1) is 26.0. The van der Waals surface area contributed by atoms with Gasteiger partial charge in [-0.3, -0.25) is 0 Å². The molecule has 2 saturated heterocycles. The van der Waals surface area contributed by atoms with Gasteiger partial charge in [0, 0.05) is 7.11 Å². The lowest BCUT2D eigenvalue weighted by atomic mass is 9.96. The zero-order valence-electron chi connectivity index (χ0n) is 30.8. The third-order valence-corrected chi connectivity index (χ3v) is 9.53. The van der Waals surface area contributed by atoms with Gasteiger partial charge in [-0.05, 0) is 36.1 Å². The van der Waals surface area contributed by atoms with Crippen molar-refractivity contribution in [2.45, 2.75) is 102 Å². The minimum absolute atomic E-state index is 0.252. The normalized spacial score (nSPS) is 28.7. The maximum Gasteiger partial charge on any atom is 0.187 e. The van der Waals surface area contributed by atoms with Crippen LogP contribution < -0.4 is 0 Å². The average molecular weight is 725 g/mol. The lowest BCUT2D eigenvalue weighted by Crippen LogP contribution is -2.65. The Balaban J connectivity index is 1.33. The van der Waals surface area contributed by atoms with Gasteiger partial charge in [0.2, 0.25) is 0 Å². The smallest absolute Gasteiger partial charge is 0.187 e.